The summed E-state index contributed by atoms with van der Waals surface area (Å²) in [7, 11) is 2.08. The fraction of sp³-hybridized carbons (Fsp3) is 0.700. The number of H-pyrrole nitrogens is 1. The molecule has 0 spiro atoms. The Balaban J connectivity index is 0.00000144. The van der Waals surface area contributed by atoms with Crippen molar-refractivity contribution in [3.8, 4) is 0 Å². The number of hydrogen-bond acceptors (Lipinski definition) is 0. The van der Waals surface area contributed by atoms with E-state index in [1.54, 1.807) is 0 Å². The SMILES string of the molecule is CC(C)CCCc1[nH]cc[n+]1C.[Br-]. The van der Waals surface area contributed by atoms with Crippen LogP contribution in [-0.4, -0.2) is 4.98 Å². The van der Waals surface area contributed by atoms with Crippen LogP contribution in [0.4, 0.5) is 0 Å². The second-order valence-corrected chi connectivity index (χ2v) is 3.80. The Kier molecular flexibility index (Phi) is 6.04. The van der Waals surface area contributed by atoms with E-state index in [0.717, 1.165) is 5.92 Å². The predicted octanol–water partition coefficient (Wildman–Crippen LogP) is -1.18. The number of aryl methyl sites for hydroxylation is 2. The fourth-order valence-corrected chi connectivity index (χ4v) is 1.36. The standard InChI is InChI=1S/C10H18N2.BrH/c1-9(2)5-4-6-10-11-7-8-12(10)3;/h7-9H,4-6H2,1-3H3;1H. The minimum absolute atomic E-state index is 0. The molecule has 0 fully saturated rings. The van der Waals surface area contributed by atoms with Crippen LogP contribution in [0, 0.1) is 5.92 Å². The van der Waals surface area contributed by atoms with Crippen LogP contribution in [0.5, 0.6) is 0 Å². The molecule has 3 heteroatoms. The van der Waals surface area contributed by atoms with Crippen molar-refractivity contribution in [1.29, 1.82) is 0 Å². The van der Waals surface area contributed by atoms with Gasteiger partial charge >= 0.3 is 0 Å². The normalized spacial score (nSPS) is 10.2. The molecule has 0 aliphatic heterocycles. The number of aromatic amines is 1. The van der Waals surface area contributed by atoms with E-state index in [1.807, 2.05) is 6.20 Å². The minimum Gasteiger partial charge on any atom is -1.00 e. The number of nitrogens with one attached hydrogen (secondary N) is 1. The fourth-order valence-electron chi connectivity index (χ4n) is 1.36. The van der Waals surface area contributed by atoms with E-state index >= 15 is 0 Å². The average molecular weight is 247 g/mol. The first-order valence-corrected chi connectivity index (χ1v) is 4.72. The Morgan fingerprint density at radius 3 is 2.62 bits per heavy atom. The van der Waals surface area contributed by atoms with Gasteiger partial charge in [0.25, 0.3) is 5.82 Å². The largest absolute Gasteiger partial charge is 1.00 e. The zero-order valence-corrected chi connectivity index (χ0v) is 10.3. The molecule has 0 aromatic carbocycles. The molecule has 0 atom stereocenters. The number of rotatable bonds is 4. The van der Waals surface area contributed by atoms with E-state index < -0.39 is 0 Å². The molecule has 1 aromatic heterocycles. The molecule has 2 nitrogen and oxygen atoms in total. The summed E-state index contributed by atoms with van der Waals surface area (Å²) >= 11 is 0. The summed E-state index contributed by atoms with van der Waals surface area (Å²) < 4.78 is 2.15. The maximum Gasteiger partial charge on any atom is 0.253 e. The molecule has 0 amide bonds. The molecule has 13 heavy (non-hydrogen) atoms. The molecule has 0 saturated heterocycles. The lowest BCUT2D eigenvalue weighted by molar-refractivity contribution is -0.677. The first-order valence-electron chi connectivity index (χ1n) is 4.72. The van der Waals surface area contributed by atoms with Crippen LogP contribution in [0.15, 0.2) is 12.4 Å². The molecule has 0 unspecified atom stereocenters. The highest BCUT2D eigenvalue weighted by molar-refractivity contribution is 4.76. The molecule has 1 N–H and O–H groups in total. The van der Waals surface area contributed by atoms with Crippen LogP contribution < -0.4 is 21.5 Å². The van der Waals surface area contributed by atoms with Gasteiger partial charge in [-0.3, -0.25) is 0 Å². The molecular weight excluding hydrogens is 228 g/mol. The van der Waals surface area contributed by atoms with Crippen LogP contribution in [0.1, 0.15) is 32.5 Å². The number of aromatic nitrogens is 2. The van der Waals surface area contributed by atoms with E-state index in [0.29, 0.717) is 0 Å². The summed E-state index contributed by atoms with van der Waals surface area (Å²) in [6.07, 6.45) is 7.82. The van der Waals surface area contributed by atoms with Crippen LogP contribution in [-0.2, 0) is 13.5 Å². The Morgan fingerprint density at radius 1 is 1.46 bits per heavy atom. The van der Waals surface area contributed by atoms with Crippen molar-refractivity contribution in [1.82, 2.24) is 4.98 Å². The summed E-state index contributed by atoms with van der Waals surface area (Å²) in [5.41, 5.74) is 0. The number of halogens is 1. The second kappa shape index (κ2) is 6.19. The number of nitrogens with zero attached hydrogens (tertiary/aromatic N) is 1. The maximum absolute atomic E-state index is 3.24. The zero-order chi connectivity index (χ0) is 8.97. The molecule has 0 saturated carbocycles. The third-order valence-corrected chi connectivity index (χ3v) is 2.17. The molecular formula is C10H19BrN2. The van der Waals surface area contributed by atoms with Crippen molar-refractivity contribution in [3.05, 3.63) is 18.2 Å². The van der Waals surface area contributed by atoms with Crippen molar-refractivity contribution >= 4 is 0 Å². The second-order valence-electron chi connectivity index (χ2n) is 3.80. The highest BCUT2D eigenvalue weighted by Crippen LogP contribution is 2.05. The monoisotopic (exact) mass is 246 g/mol. The Labute approximate surface area is 91.1 Å². The lowest BCUT2D eigenvalue weighted by atomic mass is 10.1. The smallest absolute Gasteiger partial charge is 0.253 e. The quantitative estimate of drug-likeness (QED) is 0.646. The van der Waals surface area contributed by atoms with E-state index in [4.69, 9.17) is 0 Å². The van der Waals surface area contributed by atoms with Crippen molar-refractivity contribution in [2.45, 2.75) is 33.1 Å². The van der Waals surface area contributed by atoms with Gasteiger partial charge in [-0.2, -0.15) is 0 Å². The van der Waals surface area contributed by atoms with E-state index in [1.165, 1.54) is 25.1 Å². The average Bonchev–Trinajstić information content (AvgIpc) is 2.36. The molecule has 1 rings (SSSR count). The Bertz CT molecular complexity index is 231. The van der Waals surface area contributed by atoms with Gasteiger partial charge in [-0.25, -0.2) is 9.55 Å². The maximum atomic E-state index is 3.24. The topological polar surface area (TPSA) is 19.7 Å². The molecule has 0 aliphatic carbocycles. The van der Waals surface area contributed by atoms with Crippen LogP contribution in [0.25, 0.3) is 0 Å². The summed E-state index contributed by atoms with van der Waals surface area (Å²) in [6, 6.07) is 0. The highest BCUT2D eigenvalue weighted by atomic mass is 79.9. The van der Waals surface area contributed by atoms with Crippen LogP contribution in [0.2, 0.25) is 0 Å². The molecule has 76 valence electrons. The van der Waals surface area contributed by atoms with Gasteiger partial charge in [0.15, 0.2) is 0 Å². The number of imidazole rings is 1. The highest BCUT2D eigenvalue weighted by Gasteiger charge is 2.05. The number of hydrogen-bond donors (Lipinski definition) is 1. The van der Waals surface area contributed by atoms with Gasteiger partial charge in [-0.05, 0) is 12.3 Å². The Hall–Kier alpha value is -0.310. The molecule has 0 aliphatic rings. The van der Waals surface area contributed by atoms with Crippen molar-refractivity contribution < 1.29 is 21.5 Å². The summed E-state index contributed by atoms with van der Waals surface area (Å²) in [4.78, 5) is 3.24. The summed E-state index contributed by atoms with van der Waals surface area (Å²) in [5.74, 6) is 2.15. The summed E-state index contributed by atoms with van der Waals surface area (Å²) in [5, 5.41) is 0. The van der Waals surface area contributed by atoms with Gasteiger partial charge in [0.05, 0.1) is 7.05 Å². The molecule has 0 radical (unpaired) electrons. The third kappa shape index (κ3) is 4.46. The van der Waals surface area contributed by atoms with E-state index in [9.17, 15) is 0 Å². The van der Waals surface area contributed by atoms with Gasteiger partial charge in [-0.15, -0.1) is 0 Å². The third-order valence-electron chi connectivity index (χ3n) is 2.17. The first kappa shape index (κ1) is 12.7. The zero-order valence-electron chi connectivity index (χ0n) is 8.68. The Morgan fingerprint density at radius 2 is 2.15 bits per heavy atom. The van der Waals surface area contributed by atoms with Crippen molar-refractivity contribution in [2.75, 3.05) is 0 Å². The first-order chi connectivity index (χ1) is 5.70. The van der Waals surface area contributed by atoms with Crippen LogP contribution >= 0.6 is 0 Å². The van der Waals surface area contributed by atoms with Crippen molar-refractivity contribution in [3.63, 3.8) is 0 Å². The lowest BCUT2D eigenvalue weighted by Crippen LogP contribution is -3.00. The van der Waals surface area contributed by atoms with Gasteiger partial charge < -0.3 is 17.0 Å². The predicted molar refractivity (Wildman–Crippen MR) is 49.7 cm³/mol. The van der Waals surface area contributed by atoms with E-state index in [2.05, 4.69) is 36.6 Å². The minimum atomic E-state index is 0. The van der Waals surface area contributed by atoms with Gasteiger partial charge in [0.2, 0.25) is 0 Å². The molecule has 1 heterocycles. The van der Waals surface area contributed by atoms with Gasteiger partial charge in [0.1, 0.15) is 12.4 Å². The molecule has 0 bridgehead atoms. The van der Waals surface area contributed by atoms with Gasteiger partial charge in [0, 0.05) is 6.42 Å². The lowest BCUT2D eigenvalue weighted by Gasteiger charge is -2.00. The van der Waals surface area contributed by atoms with Crippen LogP contribution in [0.3, 0.4) is 0 Å². The van der Waals surface area contributed by atoms with E-state index in [-0.39, 0.29) is 17.0 Å². The molecule has 1 aromatic rings. The van der Waals surface area contributed by atoms with Crippen molar-refractivity contribution in [2.24, 2.45) is 13.0 Å². The van der Waals surface area contributed by atoms with Gasteiger partial charge in [-0.1, -0.05) is 20.3 Å². The summed E-state index contributed by atoms with van der Waals surface area (Å²) in [6.45, 7) is 4.55.